The van der Waals surface area contributed by atoms with Crippen molar-refractivity contribution in [3.63, 3.8) is 0 Å². The Morgan fingerprint density at radius 3 is 3.05 bits per heavy atom. The lowest BCUT2D eigenvalue weighted by Gasteiger charge is -2.35. The largest absolute Gasteiger partial charge is 0.338 e. The quantitative estimate of drug-likeness (QED) is 0.841. The first-order valence-electron chi connectivity index (χ1n) is 8.19. The van der Waals surface area contributed by atoms with Gasteiger partial charge in [-0.3, -0.25) is 9.58 Å². The van der Waals surface area contributed by atoms with Crippen LogP contribution in [0.2, 0.25) is 0 Å². The number of hydrogen-bond acceptors (Lipinski definition) is 6. The first-order chi connectivity index (χ1) is 10.8. The summed E-state index contributed by atoms with van der Waals surface area (Å²) in [6.45, 7) is 5.24. The van der Waals surface area contributed by atoms with Crippen LogP contribution < -0.4 is 0 Å². The van der Waals surface area contributed by atoms with Crippen LogP contribution in [0.1, 0.15) is 56.3 Å². The maximum atomic E-state index is 5.49. The Labute approximate surface area is 129 Å². The Hall–Kier alpha value is -1.76. The summed E-state index contributed by atoms with van der Waals surface area (Å²) in [5, 5.41) is 8.35. The van der Waals surface area contributed by atoms with Gasteiger partial charge in [0.2, 0.25) is 5.89 Å². The van der Waals surface area contributed by atoms with E-state index >= 15 is 0 Å². The molecule has 0 amide bonds. The molecule has 0 bridgehead atoms. The van der Waals surface area contributed by atoms with Crippen molar-refractivity contribution >= 4 is 0 Å². The van der Waals surface area contributed by atoms with Gasteiger partial charge in [0, 0.05) is 19.0 Å². The Balaban J connectivity index is 1.39. The highest BCUT2D eigenvalue weighted by molar-refractivity contribution is 5.04. The molecule has 2 aromatic rings. The first kappa shape index (κ1) is 13.9. The summed E-state index contributed by atoms with van der Waals surface area (Å²) in [6.07, 6.45) is 8.24. The van der Waals surface area contributed by atoms with Crippen LogP contribution in [0.4, 0.5) is 0 Å². The molecule has 3 heterocycles. The minimum atomic E-state index is 0.193. The number of rotatable bonds is 5. The van der Waals surface area contributed by atoms with Gasteiger partial charge in [-0.25, -0.2) is 4.98 Å². The molecule has 0 spiro atoms. The lowest BCUT2D eigenvalue weighted by Crippen LogP contribution is -2.38. The molecule has 4 rings (SSSR count). The van der Waals surface area contributed by atoms with Gasteiger partial charge in [0.25, 0.3) is 0 Å². The van der Waals surface area contributed by atoms with Crippen molar-refractivity contribution in [3.8, 4) is 0 Å². The summed E-state index contributed by atoms with van der Waals surface area (Å²) in [4.78, 5) is 11.1. The van der Waals surface area contributed by atoms with Crippen LogP contribution >= 0.6 is 0 Å². The molecule has 22 heavy (non-hydrogen) atoms. The Morgan fingerprint density at radius 1 is 1.36 bits per heavy atom. The average molecular weight is 302 g/mol. The van der Waals surface area contributed by atoms with Crippen LogP contribution in [-0.2, 0) is 6.54 Å². The predicted molar refractivity (Wildman–Crippen MR) is 79.0 cm³/mol. The van der Waals surface area contributed by atoms with Crippen molar-refractivity contribution in [2.24, 2.45) is 5.92 Å². The Bertz CT molecular complexity index is 605. The van der Waals surface area contributed by atoms with Crippen LogP contribution in [0.5, 0.6) is 0 Å². The summed E-state index contributed by atoms with van der Waals surface area (Å²) in [5.74, 6) is 2.82. The third kappa shape index (κ3) is 2.90. The number of likely N-dealkylation sites (tertiary alicyclic amines) is 1. The molecule has 0 N–H and O–H groups in total. The number of aromatic nitrogens is 5. The summed E-state index contributed by atoms with van der Waals surface area (Å²) >= 11 is 0. The maximum absolute atomic E-state index is 5.49. The van der Waals surface area contributed by atoms with Gasteiger partial charge in [-0.1, -0.05) is 5.16 Å². The molecule has 1 saturated carbocycles. The van der Waals surface area contributed by atoms with Crippen molar-refractivity contribution in [2.45, 2.75) is 51.1 Å². The van der Waals surface area contributed by atoms with Crippen molar-refractivity contribution in [1.82, 2.24) is 29.8 Å². The second kappa shape index (κ2) is 5.79. The molecule has 2 aliphatic rings. The molecule has 2 aromatic heterocycles. The van der Waals surface area contributed by atoms with Crippen LogP contribution in [0, 0.1) is 5.92 Å². The monoisotopic (exact) mass is 302 g/mol. The number of nitrogens with zero attached hydrogens (tertiary/aromatic N) is 6. The fourth-order valence-corrected chi connectivity index (χ4v) is 3.27. The summed E-state index contributed by atoms with van der Waals surface area (Å²) in [5.41, 5.74) is 0. The molecular formula is C15H22N6O. The number of piperidine rings is 1. The molecule has 0 unspecified atom stereocenters. The lowest BCUT2D eigenvalue weighted by atomic mass is 9.97. The van der Waals surface area contributed by atoms with Gasteiger partial charge in [-0.15, -0.1) is 0 Å². The van der Waals surface area contributed by atoms with E-state index in [0.29, 0.717) is 11.8 Å². The summed E-state index contributed by atoms with van der Waals surface area (Å²) in [6, 6.07) is 0.193. The minimum absolute atomic E-state index is 0.193. The highest BCUT2D eigenvalue weighted by atomic mass is 16.5. The molecule has 0 radical (unpaired) electrons. The standard InChI is InChI=1S/C15H22N6O/c1-11(15-18-14(19-22-15)13-4-5-13)20-6-2-3-12(7-20)8-21-10-16-9-17-21/h9-13H,2-8H2,1H3/t11-,12-/m0/s1. The van der Waals surface area contributed by atoms with E-state index in [1.807, 2.05) is 4.68 Å². The zero-order valence-corrected chi connectivity index (χ0v) is 12.9. The minimum Gasteiger partial charge on any atom is -0.338 e. The van der Waals surface area contributed by atoms with E-state index in [4.69, 9.17) is 4.52 Å². The molecule has 1 saturated heterocycles. The Morgan fingerprint density at radius 2 is 2.27 bits per heavy atom. The van der Waals surface area contributed by atoms with Crippen molar-refractivity contribution in [2.75, 3.05) is 13.1 Å². The van der Waals surface area contributed by atoms with E-state index in [1.54, 1.807) is 12.7 Å². The highest BCUT2D eigenvalue weighted by Crippen LogP contribution is 2.38. The van der Waals surface area contributed by atoms with Crippen LogP contribution in [0.3, 0.4) is 0 Å². The van der Waals surface area contributed by atoms with Crippen LogP contribution in [0.25, 0.3) is 0 Å². The molecular weight excluding hydrogens is 280 g/mol. The number of hydrogen-bond donors (Lipinski definition) is 0. The topological polar surface area (TPSA) is 72.9 Å². The van der Waals surface area contributed by atoms with Crippen molar-refractivity contribution < 1.29 is 4.52 Å². The lowest BCUT2D eigenvalue weighted by molar-refractivity contribution is 0.102. The van der Waals surface area contributed by atoms with Crippen LogP contribution in [0.15, 0.2) is 17.2 Å². The van der Waals surface area contributed by atoms with E-state index in [9.17, 15) is 0 Å². The molecule has 0 aromatic carbocycles. The normalized spacial score (nSPS) is 24.5. The third-order valence-electron chi connectivity index (χ3n) is 4.77. The van der Waals surface area contributed by atoms with E-state index in [0.717, 1.165) is 31.3 Å². The van der Waals surface area contributed by atoms with Gasteiger partial charge in [0.05, 0.1) is 6.04 Å². The molecule has 118 valence electrons. The second-order valence-corrected chi connectivity index (χ2v) is 6.56. The van der Waals surface area contributed by atoms with Gasteiger partial charge >= 0.3 is 0 Å². The van der Waals surface area contributed by atoms with Gasteiger partial charge in [-0.05, 0) is 45.1 Å². The van der Waals surface area contributed by atoms with E-state index in [1.165, 1.54) is 25.7 Å². The van der Waals surface area contributed by atoms with E-state index < -0.39 is 0 Å². The average Bonchev–Trinajstić information content (AvgIpc) is 3.06. The zero-order valence-electron chi connectivity index (χ0n) is 12.9. The van der Waals surface area contributed by atoms with E-state index in [-0.39, 0.29) is 6.04 Å². The molecule has 1 aliphatic heterocycles. The van der Waals surface area contributed by atoms with Crippen molar-refractivity contribution in [1.29, 1.82) is 0 Å². The molecule has 2 atom stereocenters. The van der Waals surface area contributed by atoms with Gasteiger partial charge in [0.15, 0.2) is 5.82 Å². The molecule has 1 aliphatic carbocycles. The smallest absolute Gasteiger partial charge is 0.243 e. The summed E-state index contributed by atoms with van der Waals surface area (Å²) < 4.78 is 7.42. The third-order valence-corrected chi connectivity index (χ3v) is 4.77. The van der Waals surface area contributed by atoms with Gasteiger partial charge in [-0.2, -0.15) is 10.1 Å². The second-order valence-electron chi connectivity index (χ2n) is 6.56. The zero-order chi connectivity index (χ0) is 14.9. The SMILES string of the molecule is C[C@@H](c1nc(C2CC2)no1)N1CCC[C@H](Cn2cncn2)C1. The first-order valence-corrected chi connectivity index (χ1v) is 8.19. The fourth-order valence-electron chi connectivity index (χ4n) is 3.27. The van der Waals surface area contributed by atoms with Gasteiger partial charge in [0.1, 0.15) is 12.7 Å². The van der Waals surface area contributed by atoms with Crippen LogP contribution in [-0.4, -0.2) is 42.9 Å². The fraction of sp³-hybridized carbons (Fsp3) is 0.733. The molecule has 7 nitrogen and oxygen atoms in total. The molecule has 2 fully saturated rings. The maximum Gasteiger partial charge on any atom is 0.243 e. The summed E-state index contributed by atoms with van der Waals surface area (Å²) in [7, 11) is 0. The Kier molecular flexibility index (Phi) is 3.65. The van der Waals surface area contributed by atoms with Crippen molar-refractivity contribution in [3.05, 3.63) is 24.4 Å². The van der Waals surface area contributed by atoms with Gasteiger partial charge < -0.3 is 4.52 Å². The highest BCUT2D eigenvalue weighted by Gasteiger charge is 2.32. The molecule has 7 heteroatoms. The van der Waals surface area contributed by atoms with E-state index in [2.05, 4.69) is 32.0 Å². The predicted octanol–water partition coefficient (Wildman–Crippen LogP) is 2.01.